The van der Waals surface area contributed by atoms with Gasteiger partial charge in [0, 0.05) is 23.5 Å². The topological polar surface area (TPSA) is 46.3 Å². The molecule has 4 heterocycles. The SMILES string of the molecule is C1=C(c2cccs2)CCN(c2ccc3nnc(-c4ccccc4)n3n2)C1. The molecule has 0 amide bonds. The predicted octanol–water partition coefficient (Wildman–Crippen LogP) is 4.15. The summed E-state index contributed by atoms with van der Waals surface area (Å²) in [6.07, 6.45) is 3.35. The summed E-state index contributed by atoms with van der Waals surface area (Å²) in [5.74, 6) is 1.73. The molecule has 5 rings (SSSR count). The lowest BCUT2D eigenvalue weighted by Crippen LogP contribution is -2.29. The van der Waals surface area contributed by atoms with Crippen molar-refractivity contribution in [1.29, 1.82) is 0 Å². The van der Waals surface area contributed by atoms with Crippen molar-refractivity contribution in [2.45, 2.75) is 6.42 Å². The van der Waals surface area contributed by atoms with Gasteiger partial charge in [-0.3, -0.25) is 0 Å². The summed E-state index contributed by atoms with van der Waals surface area (Å²) in [5.41, 5.74) is 3.22. The number of hydrogen-bond donors (Lipinski definition) is 0. The van der Waals surface area contributed by atoms with E-state index in [4.69, 9.17) is 5.10 Å². The molecular weight excluding hydrogens is 342 g/mol. The maximum atomic E-state index is 4.81. The van der Waals surface area contributed by atoms with Crippen molar-refractivity contribution < 1.29 is 0 Å². The van der Waals surface area contributed by atoms with Crippen molar-refractivity contribution in [2.75, 3.05) is 18.0 Å². The highest BCUT2D eigenvalue weighted by molar-refractivity contribution is 7.11. The van der Waals surface area contributed by atoms with Crippen molar-refractivity contribution >= 4 is 28.4 Å². The summed E-state index contributed by atoms with van der Waals surface area (Å²) in [4.78, 5) is 3.67. The van der Waals surface area contributed by atoms with E-state index in [-0.39, 0.29) is 0 Å². The lowest BCUT2D eigenvalue weighted by molar-refractivity contribution is 0.790. The molecule has 1 aliphatic heterocycles. The molecule has 0 fully saturated rings. The summed E-state index contributed by atoms with van der Waals surface area (Å²) in [6.45, 7) is 1.83. The number of rotatable bonds is 3. The number of benzene rings is 1. The van der Waals surface area contributed by atoms with Crippen LogP contribution in [-0.2, 0) is 0 Å². The van der Waals surface area contributed by atoms with Crippen LogP contribution in [0.5, 0.6) is 0 Å². The highest BCUT2D eigenvalue weighted by Crippen LogP contribution is 2.28. The minimum Gasteiger partial charge on any atom is -0.351 e. The summed E-state index contributed by atoms with van der Waals surface area (Å²) in [7, 11) is 0. The van der Waals surface area contributed by atoms with Gasteiger partial charge in [0.1, 0.15) is 5.82 Å². The molecule has 1 aliphatic rings. The lowest BCUT2D eigenvalue weighted by atomic mass is 10.1. The largest absolute Gasteiger partial charge is 0.351 e. The average Bonchev–Trinajstić information content (AvgIpc) is 3.38. The van der Waals surface area contributed by atoms with Crippen LogP contribution in [0.2, 0.25) is 0 Å². The van der Waals surface area contributed by atoms with Crippen molar-refractivity contribution in [3.8, 4) is 11.4 Å². The van der Waals surface area contributed by atoms with Gasteiger partial charge >= 0.3 is 0 Å². The Kier molecular flexibility index (Phi) is 3.75. The van der Waals surface area contributed by atoms with E-state index in [0.29, 0.717) is 0 Å². The molecule has 0 aliphatic carbocycles. The molecule has 128 valence electrons. The average molecular weight is 359 g/mol. The summed E-state index contributed by atoms with van der Waals surface area (Å²) < 4.78 is 1.84. The fourth-order valence-corrected chi connectivity index (χ4v) is 4.08. The number of fused-ring (bicyclic) bond motifs is 1. The second kappa shape index (κ2) is 6.38. The first-order valence-corrected chi connectivity index (χ1v) is 9.52. The standard InChI is InChI=1S/C20H17N5S/c1-2-5-16(6-3-1)20-22-21-18-8-9-19(23-25(18)20)24-12-10-15(11-13-24)17-7-4-14-26-17/h1-10,14H,11-13H2. The second-order valence-corrected chi connectivity index (χ2v) is 7.20. The lowest BCUT2D eigenvalue weighted by Gasteiger charge is -2.27. The van der Waals surface area contributed by atoms with Crippen molar-refractivity contribution in [2.24, 2.45) is 0 Å². The van der Waals surface area contributed by atoms with Crippen LogP contribution in [0.3, 0.4) is 0 Å². The van der Waals surface area contributed by atoms with Gasteiger partial charge in [-0.1, -0.05) is 42.5 Å². The molecule has 3 aromatic heterocycles. The first kappa shape index (κ1) is 15.3. The van der Waals surface area contributed by atoms with Crippen molar-refractivity contribution in [1.82, 2.24) is 19.8 Å². The molecule has 1 aromatic carbocycles. The summed E-state index contributed by atoms with van der Waals surface area (Å²) >= 11 is 1.81. The Labute approximate surface area is 155 Å². The van der Waals surface area contributed by atoms with Crippen LogP contribution >= 0.6 is 11.3 Å². The molecule has 0 saturated heterocycles. The van der Waals surface area contributed by atoms with E-state index in [2.05, 4.69) is 38.7 Å². The molecule has 0 N–H and O–H groups in total. The molecule has 0 radical (unpaired) electrons. The Morgan fingerprint density at radius 3 is 2.62 bits per heavy atom. The molecule has 0 unspecified atom stereocenters. The summed E-state index contributed by atoms with van der Waals surface area (Å²) in [6, 6.07) is 18.4. The van der Waals surface area contributed by atoms with Crippen molar-refractivity contribution in [3.63, 3.8) is 0 Å². The Bertz CT molecular complexity index is 1070. The first-order valence-electron chi connectivity index (χ1n) is 8.64. The van der Waals surface area contributed by atoms with Crippen LogP contribution < -0.4 is 4.90 Å². The fourth-order valence-electron chi connectivity index (χ4n) is 3.28. The van der Waals surface area contributed by atoms with Crippen LogP contribution in [0, 0.1) is 0 Å². The molecule has 4 aromatic rings. The quantitative estimate of drug-likeness (QED) is 0.551. The van der Waals surface area contributed by atoms with E-state index in [1.807, 2.05) is 47.0 Å². The number of nitrogens with zero attached hydrogens (tertiary/aromatic N) is 5. The van der Waals surface area contributed by atoms with E-state index >= 15 is 0 Å². The zero-order valence-electron chi connectivity index (χ0n) is 14.1. The van der Waals surface area contributed by atoms with Gasteiger partial charge in [0.25, 0.3) is 0 Å². The van der Waals surface area contributed by atoms with E-state index < -0.39 is 0 Å². The van der Waals surface area contributed by atoms with Crippen LogP contribution in [0.1, 0.15) is 11.3 Å². The molecular formula is C20H17N5S. The predicted molar refractivity (Wildman–Crippen MR) is 105 cm³/mol. The van der Waals surface area contributed by atoms with Gasteiger partial charge in [-0.2, -0.15) is 4.52 Å². The Balaban J connectivity index is 1.47. The number of thiophene rings is 1. The maximum Gasteiger partial charge on any atom is 0.185 e. The monoisotopic (exact) mass is 359 g/mol. The Morgan fingerprint density at radius 1 is 0.923 bits per heavy atom. The molecule has 0 bridgehead atoms. The molecule has 5 nitrogen and oxygen atoms in total. The van der Waals surface area contributed by atoms with Gasteiger partial charge in [0.2, 0.25) is 0 Å². The maximum absolute atomic E-state index is 4.81. The van der Waals surface area contributed by atoms with Gasteiger partial charge in [0.15, 0.2) is 11.5 Å². The van der Waals surface area contributed by atoms with E-state index in [9.17, 15) is 0 Å². The number of anilines is 1. The normalized spacial score (nSPS) is 14.6. The van der Waals surface area contributed by atoms with Gasteiger partial charge < -0.3 is 4.90 Å². The second-order valence-electron chi connectivity index (χ2n) is 6.25. The van der Waals surface area contributed by atoms with E-state index in [1.165, 1.54) is 10.5 Å². The van der Waals surface area contributed by atoms with Gasteiger partial charge in [-0.05, 0) is 35.6 Å². The van der Waals surface area contributed by atoms with Crippen LogP contribution in [0.15, 0.2) is 66.1 Å². The van der Waals surface area contributed by atoms with Gasteiger partial charge in [-0.15, -0.1) is 26.6 Å². The zero-order chi connectivity index (χ0) is 17.3. The summed E-state index contributed by atoms with van der Waals surface area (Å²) in [5, 5.41) is 15.5. The van der Waals surface area contributed by atoms with Crippen LogP contribution in [0.4, 0.5) is 5.82 Å². The minimum absolute atomic E-state index is 0.763. The van der Waals surface area contributed by atoms with Gasteiger partial charge in [0.05, 0.1) is 0 Å². The minimum atomic E-state index is 0.763. The third-order valence-electron chi connectivity index (χ3n) is 4.65. The zero-order valence-corrected chi connectivity index (χ0v) is 14.9. The highest BCUT2D eigenvalue weighted by Gasteiger charge is 2.17. The number of aromatic nitrogens is 4. The third kappa shape index (κ3) is 2.68. The smallest absolute Gasteiger partial charge is 0.185 e. The van der Waals surface area contributed by atoms with E-state index in [1.54, 1.807) is 11.3 Å². The van der Waals surface area contributed by atoms with Crippen molar-refractivity contribution in [3.05, 3.63) is 70.9 Å². The highest BCUT2D eigenvalue weighted by atomic mass is 32.1. The fraction of sp³-hybridized carbons (Fsp3) is 0.150. The molecule has 26 heavy (non-hydrogen) atoms. The Hall–Kier alpha value is -2.99. The Morgan fingerprint density at radius 2 is 1.85 bits per heavy atom. The molecule has 0 spiro atoms. The van der Waals surface area contributed by atoms with Crippen LogP contribution in [-0.4, -0.2) is 32.9 Å². The number of hydrogen-bond acceptors (Lipinski definition) is 5. The first-order chi connectivity index (χ1) is 12.9. The van der Waals surface area contributed by atoms with Gasteiger partial charge in [-0.25, -0.2) is 0 Å². The van der Waals surface area contributed by atoms with Crippen LogP contribution in [0.25, 0.3) is 22.6 Å². The van der Waals surface area contributed by atoms with E-state index in [0.717, 1.165) is 42.4 Å². The molecule has 0 atom stereocenters. The molecule has 0 saturated carbocycles. The molecule has 6 heteroatoms. The third-order valence-corrected chi connectivity index (χ3v) is 5.60.